The van der Waals surface area contributed by atoms with Crippen LogP contribution in [0.3, 0.4) is 0 Å². The highest BCUT2D eigenvalue weighted by Crippen LogP contribution is 1.85. The molecule has 0 aromatic carbocycles. The molecular formula is C8H14O4. The van der Waals surface area contributed by atoms with Gasteiger partial charge < -0.3 is 19.2 Å². The molecule has 0 saturated carbocycles. The van der Waals surface area contributed by atoms with Crippen LogP contribution < -0.4 is 0 Å². The van der Waals surface area contributed by atoms with Crippen LogP contribution in [-0.4, -0.2) is 25.6 Å². The lowest BCUT2D eigenvalue weighted by Gasteiger charge is -1.78. The SMILES string of the molecule is C=O.CC=O.O=CCCCC=O. The van der Waals surface area contributed by atoms with Crippen LogP contribution in [0.2, 0.25) is 0 Å². The molecule has 0 aromatic heterocycles. The second-order valence-corrected chi connectivity index (χ2v) is 1.50. The predicted octanol–water partition coefficient (Wildman–Crippen LogP) is 0.575. The molecule has 0 bridgehead atoms. The van der Waals surface area contributed by atoms with Crippen LogP contribution in [0.4, 0.5) is 0 Å². The van der Waals surface area contributed by atoms with Gasteiger partial charge in [-0.15, -0.1) is 0 Å². The van der Waals surface area contributed by atoms with Gasteiger partial charge >= 0.3 is 0 Å². The third kappa shape index (κ3) is 71.3. The van der Waals surface area contributed by atoms with Crippen LogP contribution in [0, 0.1) is 0 Å². The van der Waals surface area contributed by atoms with E-state index in [9.17, 15) is 9.59 Å². The number of rotatable bonds is 4. The monoisotopic (exact) mass is 174 g/mol. The van der Waals surface area contributed by atoms with Gasteiger partial charge in [0.25, 0.3) is 0 Å². The summed E-state index contributed by atoms with van der Waals surface area (Å²) >= 11 is 0. The predicted molar refractivity (Wildman–Crippen MR) is 44.8 cm³/mol. The summed E-state index contributed by atoms with van der Waals surface area (Å²) in [4.78, 5) is 35.9. The molecule has 0 N–H and O–H groups in total. The summed E-state index contributed by atoms with van der Waals surface area (Å²) in [5.41, 5.74) is 0. The molecule has 0 fully saturated rings. The largest absolute Gasteiger partial charge is 0.307 e. The first-order valence-corrected chi connectivity index (χ1v) is 3.39. The Morgan fingerprint density at radius 2 is 1.25 bits per heavy atom. The van der Waals surface area contributed by atoms with Gasteiger partial charge in [-0.2, -0.15) is 0 Å². The number of hydrogen-bond donors (Lipinski definition) is 0. The Morgan fingerprint density at radius 1 is 1.00 bits per heavy atom. The maximum absolute atomic E-state index is 9.56. The summed E-state index contributed by atoms with van der Waals surface area (Å²) in [5.74, 6) is 0. The van der Waals surface area contributed by atoms with E-state index < -0.39 is 0 Å². The van der Waals surface area contributed by atoms with Crippen molar-refractivity contribution in [3.63, 3.8) is 0 Å². The van der Waals surface area contributed by atoms with Gasteiger partial charge in [-0.25, -0.2) is 0 Å². The van der Waals surface area contributed by atoms with Crippen molar-refractivity contribution in [2.45, 2.75) is 26.2 Å². The zero-order valence-electron chi connectivity index (χ0n) is 7.19. The minimum Gasteiger partial charge on any atom is -0.307 e. The van der Waals surface area contributed by atoms with Gasteiger partial charge in [0.2, 0.25) is 0 Å². The summed E-state index contributed by atoms with van der Waals surface area (Å²) in [7, 11) is 0. The van der Waals surface area contributed by atoms with Gasteiger partial charge in [-0.05, 0) is 13.3 Å². The first-order chi connectivity index (χ1) is 5.83. The fraction of sp³-hybridized carbons (Fsp3) is 0.500. The Morgan fingerprint density at radius 3 is 1.42 bits per heavy atom. The average molecular weight is 174 g/mol. The van der Waals surface area contributed by atoms with E-state index in [1.807, 2.05) is 6.79 Å². The number of aldehydes is 3. The summed E-state index contributed by atoms with van der Waals surface area (Å²) in [6, 6.07) is 0. The molecule has 0 radical (unpaired) electrons. The normalized spacial score (nSPS) is 6.08. The molecule has 0 heterocycles. The highest BCUT2D eigenvalue weighted by molar-refractivity contribution is 5.52. The van der Waals surface area contributed by atoms with Crippen LogP contribution in [-0.2, 0) is 19.2 Å². The van der Waals surface area contributed by atoms with Crippen molar-refractivity contribution in [2.75, 3.05) is 0 Å². The van der Waals surface area contributed by atoms with Crippen molar-refractivity contribution in [1.29, 1.82) is 0 Å². The summed E-state index contributed by atoms with van der Waals surface area (Å²) < 4.78 is 0. The maximum atomic E-state index is 9.56. The maximum Gasteiger partial charge on any atom is 0.120 e. The Balaban J connectivity index is -0.000000137. The number of hydrogen-bond acceptors (Lipinski definition) is 4. The van der Waals surface area contributed by atoms with E-state index in [2.05, 4.69) is 0 Å². The number of carbonyl (C=O) groups excluding carboxylic acids is 4. The van der Waals surface area contributed by atoms with Gasteiger partial charge in [0.1, 0.15) is 25.6 Å². The van der Waals surface area contributed by atoms with Crippen LogP contribution >= 0.6 is 0 Å². The van der Waals surface area contributed by atoms with Crippen LogP contribution in [0.5, 0.6) is 0 Å². The number of carbonyl (C=O) groups is 4. The molecule has 0 aliphatic heterocycles. The van der Waals surface area contributed by atoms with Crippen molar-refractivity contribution in [3.05, 3.63) is 0 Å². The van der Waals surface area contributed by atoms with Gasteiger partial charge in [-0.1, -0.05) is 0 Å². The Kier molecular flexibility index (Phi) is 47.1. The highest BCUT2D eigenvalue weighted by Gasteiger charge is 1.80. The van der Waals surface area contributed by atoms with Crippen LogP contribution in [0.25, 0.3) is 0 Å². The lowest BCUT2D eigenvalue weighted by atomic mass is 10.3. The molecule has 0 aliphatic rings. The Hall–Kier alpha value is -1.32. The molecule has 0 aromatic rings. The Labute approximate surface area is 72.0 Å². The smallest absolute Gasteiger partial charge is 0.120 e. The van der Waals surface area contributed by atoms with E-state index in [4.69, 9.17) is 9.59 Å². The quantitative estimate of drug-likeness (QED) is 0.461. The van der Waals surface area contributed by atoms with E-state index >= 15 is 0 Å². The highest BCUT2D eigenvalue weighted by atomic mass is 16.1. The molecule has 4 nitrogen and oxygen atoms in total. The topological polar surface area (TPSA) is 68.3 Å². The first kappa shape index (κ1) is 17.0. The van der Waals surface area contributed by atoms with Gasteiger partial charge in [-0.3, -0.25) is 0 Å². The van der Waals surface area contributed by atoms with E-state index in [-0.39, 0.29) is 0 Å². The van der Waals surface area contributed by atoms with Gasteiger partial charge in [0.05, 0.1) is 0 Å². The zero-order valence-corrected chi connectivity index (χ0v) is 7.19. The average Bonchev–Trinajstić information content (AvgIpc) is 2.11. The second kappa shape index (κ2) is 33.3. The van der Waals surface area contributed by atoms with Crippen LogP contribution in [0.1, 0.15) is 26.2 Å². The van der Waals surface area contributed by atoms with Crippen molar-refractivity contribution in [2.24, 2.45) is 0 Å². The molecule has 0 aliphatic carbocycles. The molecule has 70 valence electrons. The molecule has 0 spiro atoms. The molecule has 0 unspecified atom stereocenters. The molecule has 0 saturated heterocycles. The van der Waals surface area contributed by atoms with Crippen molar-refractivity contribution in [3.8, 4) is 0 Å². The van der Waals surface area contributed by atoms with Crippen LogP contribution in [0.15, 0.2) is 0 Å². The first-order valence-electron chi connectivity index (χ1n) is 3.39. The fourth-order valence-corrected chi connectivity index (χ4v) is 0.285. The summed E-state index contributed by atoms with van der Waals surface area (Å²) in [5, 5.41) is 0. The fourth-order valence-electron chi connectivity index (χ4n) is 0.285. The Bertz CT molecular complexity index is 93.2. The minimum absolute atomic E-state index is 0.513. The summed E-state index contributed by atoms with van der Waals surface area (Å²) in [6.07, 6.45) is 4.12. The molecule has 0 rings (SSSR count). The molecule has 4 heteroatoms. The van der Waals surface area contributed by atoms with Crippen molar-refractivity contribution in [1.82, 2.24) is 0 Å². The molecule has 0 atom stereocenters. The molecular weight excluding hydrogens is 160 g/mol. The summed E-state index contributed by atoms with van der Waals surface area (Å²) in [6.45, 7) is 3.44. The van der Waals surface area contributed by atoms with E-state index in [1.165, 1.54) is 6.92 Å². The third-order valence-electron chi connectivity index (χ3n) is 0.644. The van der Waals surface area contributed by atoms with Crippen molar-refractivity contribution < 1.29 is 19.2 Å². The lowest BCUT2D eigenvalue weighted by molar-refractivity contribution is -0.109. The van der Waals surface area contributed by atoms with Gasteiger partial charge in [0, 0.05) is 12.8 Å². The van der Waals surface area contributed by atoms with E-state index in [1.54, 1.807) is 0 Å². The number of unbranched alkanes of at least 4 members (excludes halogenated alkanes) is 2. The molecule has 0 amide bonds. The van der Waals surface area contributed by atoms with Gasteiger partial charge in [0.15, 0.2) is 0 Å². The molecule has 12 heavy (non-hydrogen) atoms. The standard InChI is InChI=1S/C5H8O2.C2H4O.CH2O/c6-4-2-1-3-5-7;1-2-3;1-2/h4-5H,1-3H2;2H,1H3;1H2. The lowest BCUT2D eigenvalue weighted by Crippen LogP contribution is -1.76. The van der Waals surface area contributed by atoms with E-state index in [0.717, 1.165) is 18.9 Å². The zero-order chi connectivity index (χ0) is 10.2. The minimum atomic E-state index is 0.513. The third-order valence-corrected chi connectivity index (χ3v) is 0.644. The second-order valence-electron chi connectivity index (χ2n) is 1.50. The van der Waals surface area contributed by atoms with E-state index in [0.29, 0.717) is 19.3 Å². The van der Waals surface area contributed by atoms with Crippen molar-refractivity contribution >= 4 is 25.6 Å².